The lowest BCUT2D eigenvalue weighted by atomic mass is 9.93. The highest BCUT2D eigenvalue weighted by Crippen LogP contribution is 2.23. The van der Waals surface area contributed by atoms with Crippen LogP contribution in [-0.4, -0.2) is 33.7 Å². The van der Waals surface area contributed by atoms with E-state index in [0.717, 1.165) is 19.4 Å². The van der Waals surface area contributed by atoms with Gasteiger partial charge in [0.15, 0.2) is 5.82 Å². The van der Waals surface area contributed by atoms with E-state index in [-0.39, 0.29) is 6.03 Å². The summed E-state index contributed by atoms with van der Waals surface area (Å²) in [4.78, 5) is 14.2. The van der Waals surface area contributed by atoms with Crippen LogP contribution in [0.5, 0.6) is 0 Å². The summed E-state index contributed by atoms with van der Waals surface area (Å²) in [5.41, 5.74) is 0. The van der Waals surface area contributed by atoms with Crippen molar-refractivity contribution < 1.29 is 4.79 Å². The Labute approximate surface area is 108 Å². The molecule has 2 heterocycles. The second-order valence-electron chi connectivity index (χ2n) is 5.04. The van der Waals surface area contributed by atoms with Crippen molar-refractivity contribution in [2.75, 3.05) is 11.9 Å². The third-order valence-corrected chi connectivity index (χ3v) is 3.39. The molecule has 0 aliphatic carbocycles. The molecule has 0 saturated carbocycles. The highest BCUT2D eigenvalue weighted by Gasteiger charge is 2.28. The lowest BCUT2D eigenvalue weighted by molar-refractivity contribution is 0.137. The first kappa shape index (κ1) is 12.8. The maximum Gasteiger partial charge on any atom is 0.323 e. The molecule has 1 aliphatic heterocycles. The first-order chi connectivity index (χ1) is 8.68. The second-order valence-corrected chi connectivity index (χ2v) is 5.04. The van der Waals surface area contributed by atoms with E-state index in [1.54, 1.807) is 18.3 Å². The fourth-order valence-electron chi connectivity index (χ4n) is 2.45. The fraction of sp³-hybridized carbons (Fsp3) is 0.615. The van der Waals surface area contributed by atoms with Gasteiger partial charge in [0.05, 0.1) is 0 Å². The Morgan fingerprint density at radius 2 is 2.33 bits per heavy atom. The molecular formula is C13H20N4O. The zero-order valence-corrected chi connectivity index (χ0v) is 11.0. The molecule has 1 saturated heterocycles. The van der Waals surface area contributed by atoms with Gasteiger partial charge >= 0.3 is 6.03 Å². The topological polar surface area (TPSA) is 58.1 Å². The van der Waals surface area contributed by atoms with Crippen molar-refractivity contribution in [1.29, 1.82) is 0 Å². The largest absolute Gasteiger partial charge is 0.323 e. The molecule has 0 radical (unpaired) electrons. The van der Waals surface area contributed by atoms with Crippen LogP contribution in [0.15, 0.2) is 18.3 Å². The van der Waals surface area contributed by atoms with Gasteiger partial charge < -0.3 is 4.90 Å². The van der Waals surface area contributed by atoms with Gasteiger partial charge in [-0.15, -0.1) is 5.10 Å². The van der Waals surface area contributed by atoms with Crippen molar-refractivity contribution in [1.82, 2.24) is 15.1 Å². The number of urea groups is 1. The average Bonchev–Trinajstić information content (AvgIpc) is 2.40. The number of likely N-dealkylation sites (tertiary alicyclic amines) is 1. The van der Waals surface area contributed by atoms with Crippen LogP contribution in [0.2, 0.25) is 0 Å². The molecule has 5 heteroatoms. The van der Waals surface area contributed by atoms with Gasteiger partial charge in [-0.2, -0.15) is 5.10 Å². The summed E-state index contributed by atoms with van der Waals surface area (Å²) in [5, 5.41) is 10.4. The predicted octanol–water partition coefficient (Wildman–Crippen LogP) is 2.52. The number of amides is 2. The highest BCUT2D eigenvalue weighted by atomic mass is 16.2. The van der Waals surface area contributed by atoms with E-state index in [2.05, 4.69) is 29.4 Å². The molecule has 1 atom stereocenters. The third-order valence-electron chi connectivity index (χ3n) is 3.39. The number of carbonyl (C=O) groups excluding carboxylic acids is 1. The van der Waals surface area contributed by atoms with Gasteiger partial charge in [-0.3, -0.25) is 5.32 Å². The number of hydrogen-bond acceptors (Lipinski definition) is 3. The number of nitrogens with zero attached hydrogens (tertiary/aromatic N) is 3. The van der Waals surface area contributed by atoms with Crippen molar-refractivity contribution in [3.05, 3.63) is 18.3 Å². The zero-order chi connectivity index (χ0) is 13.0. The lowest BCUT2D eigenvalue weighted by Gasteiger charge is -2.38. The highest BCUT2D eigenvalue weighted by molar-refractivity contribution is 5.88. The third kappa shape index (κ3) is 2.97. The van der Waals surface area contributed by atoms with Gasteiger partial charge in [-0.05, 0) is 37.3 Å². The van der Waals surface area contributed by atoms with Crippen LogP contribution in [-0.2, 0) is 0 Å². The summed E-state index contributed by atoms with van der Waals surface area (Å²) in [6, 6.07) is 3.78. The Bertz CT molecular complexity index is 393. The number of aromatic nitrogens is 2. The summed E-state index contributed by atoms with van der Waals surface area (Å²) in [6.07, 6.45) is 4.97. The molecule has 5 nitrogen and oxygen atoms in total. The molecule has 1 unspecified atom stereocenters. The SMILES string of the molecule is CC(C)C1CCCCN1C(=O)Nc1cccnn1. The number of rotatable bonds is 2. The molecule has 98 valence electrons. The van der Waals surface area contributed by atoms with Crippen molar-refractivity contribution in [2.24, 2.45) is 5.92 Å². The Morgan fingerprint density at radius 3 is 3.00 bits per heavy atom. The Morgan fingerprint density at radius 1 is 1.50 bits per heavy atom. The monoisotopic (exact) mass is 248 g/mol. The van der Waals surface area contributed by atoms with Crippen LogP contribution in [0.1, 0.15) is 33.1 Å². The number of piperidine rings is 1. The van der Waals surface area contributed by atoms with E-state index in [0.29, 0.717) is 17.8 Å². The second kappa shape index (κ2) is 5.80. The predicted molar refractivity (Wildman–Crippen MR) is 70.2 cm³/mol. The van der Waals surface area contributed by atoms with E-state index in [9.17, 15) is 4.79 Å². The smallest absolute Gasteiger partial charge is 0.321 e. The Balaban J connectivity index is 2.02. The molecular weight excluding hydrogens is 228 g/mol. The van der Waals surface area contributed by atoms with E-state index in [4.69, 9.17) is 0 Å². The van der Waals surface area contributed by atoms with Crippen molar-refractivity contribution in [3.63, 3.8) is 0 Å². The maximum atomic E-state index is 12.2. The first-order valence-corrected chi connectivity index (χ1v) is 6.54. The quantitative estimate of drug-likeness (QED) is 0.875. The van der Waals surface area contributed by atoms with Crippen molar-refractivity contribution >= 4 is 11.8 Å². The van der Waals surface area contributed by atoms with Gasteiger partial charge in [0.1, 0.15) is 0 Å². The van der Waals surface area contributed by atoms with E-state index < -0.39 is 0 Å². The van der Waals surface area contributed by atoms with Crippen molar-refractivity contribution in [3.8, 4) is 0 Å². The number of nitrogens with one attached hydrogen (secondary N) is 1. The van der Waals surface area contributed by atoms with Gasteiger partial charge in [-0.1, -0.05) is 13.8 Å². The van der Waals surface area contributed by atoms with Crippen LogP contribution < -0.4 is 5.32 Å². The fourth-order valence-corrected chi connectivity index (χ4v) is 2.45. The van der Waals surface area contributed by atoms with Crippen LogP contribution in [0.4, 0.5) is 10.6 Å². The molecule has 1 aromatic heterocycles. The molecule has 2 amide bonds. The minimum atomic E-state index is -0.0612. The lowest BCUT2D eigenvalue weighted by Crippen LogP contribution is -2.48. The molecule has 0 bridgehead atoms. The molecule has 1 aromatic rings. The molecule has 0 spiro atoms. The number of carbonyl (C=O) groups is 1. The Hall–Kier alpha value is -1.65. The van der Waals surface area contributed by atoms with E-state index in [1.165, 1.54) is 6.42 Å². The average molecular weight is 248 g/mol. The van der Waals surface area contributed by atoms with Crippen LogP contribution in [0.25, 0.3) is 0 Å². The molecule has 18 heavy (non-hydrogen) atoms. The summed E-state index contributed by atoms with van der Waals surface area (Å²) in [5.74, 6) is 0.994. The van der Waals surface area contributed by atoms with Crippen LogP contribution in [0, 0.1) is 5.92 Å². The van der Waals surface area contributed by atoms with Gasteiger partial charge in [0.2, 0.25) is 0 Å². The molecule has 1 aliphatic rings. The van der Waals surface area contributed by atoms with E-state index in [1.807, 2.05) is 4.90 Å². The van der Waals surface area contributed by atoms with Gasteiger partial charge in [-0.25, -0.2) is 4.79 Å². The van der Waals surface area contributed by atoms with Crippen LogP contribution >= 0.6 is 0 Å². The zero-order valence-electron chi connectivity index (χ0n) is 11.0. The minimum Gasteiger partial charge on any atom is -0.321 e. The van der Waals surface area contributed by atoms with Crippen LogP contribution in [0.3, 0.4) is 0 Å². The normalized spacial score (nSPS) is 19.9. The molecule has 1 N–H and O–H groups in total. The number of anilines is 1. The summed E-state index contributed by atoms with van der Waals surface area (Å²) in [6.45, 7) is 5.16. The number of hydrogen-bond donors (Lipinski definition) is 1. The first-order valence-electron chi connectivity index (χ1n) is 6.54. The maximum absolute atomic E-state index is 12.2. The van der Waals surface area contributed by atoms with E-state index >= 15 is 0 Å². The standard InChI is InChI=1S/C13H20N4O/c1-10(2)11-6-3-4-9-17(11)13(18)15-12-7-5-8-14-16-12/h5,7-8,10-11H,3-4,6,9H2,1-2H3,(H,15,16,18). The summed E-state index contributed by atoms with van der Waals surface area (Å²) < 4.78 is 0. The Kier molecular flexibility index (Phi) is 4.12. The van der Waals surface area contributed by atoms with Crippen molar-refractivity contribution in [2.45, 2.75) is 39.2 Å². The van der Waals surface area contributed by atoms with Gasteiger partial charge in [0.25, 0.3) is 0 Å². The molecule has 2 rings (SSSR count). The van der Waals surface area contributed by atoms with Gasteiger partial charge in [0, 0.05) is 18.8 Å². The summed E-state index contributed by atoms with van der Waals surface area (Å²) in [7, 11) is 0. The molecule has 1 fully saturated rings. The summed E-state index contributed by atoms with van der Waals surface area (Å²) >= 11 is 0. The molecule has 0 aromatic carbocycles. The minimum absolute atomic E-state index is 0.0612.